The maximum atomic E-state index is 13.0. The molecule has 158 valence electrons. The zero-order valence-electron chi connectivity index (χ0n) is 17.9. The maximum absolute atomic E-state index is 13.0. The predicted octanol–water partition coefficient (Wildman–Crippen LogP) is 4.63. The number of amides is 1. The van der Waals surface area contributed by atoms with Gasteiger partial charge >= 0.3 is 0 Å². The minimum Gasteiger partial charge on any atom is -0.461 e. The van der Waals surface area contributed by atoms with Crippen molar-refractivity contribution in [2.45, 2.75) is 20.3 Å². The van der Waals surface area contributed by atoms with E-state index >= 15 is 0 Å². The fraction of sp³-hybridized carbons (Fsp3) is 0.200. The first-order valence-corrected chi connectivity index (χ1v) is 10.2. The Morgan fingerprint density at radius 2 is 2.16 bits per heavy atom. The zero-order chi connectivity index (χ0) is 22.0. The van der Waals surface area contributed by atoms with Gasteiger partial charge in [0.15, 0.2) is 0 Å². The van der Waals surface area contributed by atoms with Crippen molar-refractivity contribution in [1.29, 1.82) is 0 Å². The number of allylic oxidation sites excluding steroid dienone is 3. The zero-order valence-corrected chi connectivity index (χ0v) is 17.9. The normalized spacial score (nSPS) is 13.2. The number of imidazole rings is 1. The number of nitrogens with zero attached hydrogens (tertiary/aromatic N) is 2. The molecule has 1 aliphatic heterocycles. The highest BCUT2D eigenvalue weighted by Crippen LogP contribution is 2.35. The average molecular weight is 415 g/mol. The monoisotopic (exact) mass is 414 g/mol. The lowest BCUT2D eigenvalue weighted by Crippen LogP contribution is -2.37. The van der Waals surface area contributed by atoms with Crippen molar-refractivity contribution in [1.82, 2.24) is 15.3 Å². The summed E-state index contributed by atoms with van der Waals surface area (Å²) in [5.41, 5.74) is 6.47. The third-order valence-corrected chi connectivity index (χ3v) is 5.38. The summed E-state index contributed by atoms with van der Waals surface area (Å²) >= 11 is 0. The molecule has 0 saturated heterocycles. The Morgan fingerprint density at radius 3 is 2.84 bits per heavy atom. The summed E-state index contributed by atoms with van der Waals surface area (Å²) in [7, 11) is 0. The molecule has 1 aromatic carbocycles. The number of carbonyl (C=O) groups is 1. The minimum absolute atomic E-state index is 0.00659. The van der Waals surface area contributed by atoms with Crippen LogP contribution < -0.4 is 10.2 Å². The molecule has 0 unspecified atom stereocenters. The Morgan fingerprint density at radius 1 is 1.32 bits per heavy atom. The van der Waals surface area contributed by atoms with E-state index in [9.17, 15) is 4.79 Å². The first-order chi connectivity index (χ1) is 14.9. The summed E-state index contributed by atoms with van der Waals surface area (Å²) in [6, 6.07) is 9.81. The number of furan rings is 1. The van der Waals surface area contributed by atoms with Crippen LogP contribution in [-0.2, 0) is 11.2 Å². The number of hydrogen-bond donors (Lipinski definition) is 2. The lowest BCUT2D eigenvalue weighted by Gasteiger charge is -2.19. The Bertz CT molecular complexity index is 1170. The molecular formula is C25H26N4O2. The molecule has 3 heterocycles. The van der Waals surface area contributed by atoms with E-state index in [4.69, 9.17) is 4.42 Å². The van der Waals surface area contributed by atoms with Crippen LogP contribution in [0.3, 0.4) is 0 Å². The first-order valence-electron chi connectivity index (χ1n) is 10.2. The number of aromatic amines is 1. The van der Waals surface area contributed by atoms with Crippen molar-refractivity contribution in [3.05, 3.63) is 90.4 Å². The molecule has 31 heavy (non-hydrogen) atoms. The van der Waals surface area contributed by atoms with Crippen molar-refractivity contribution in [2.75, 3.05) is 18.0 Å². The third-order valence-electron chi connectivity index (χ3n) is 5.38. The maximum Gasteiger partial charge on any atom is 0.246 e. The number of aryl methyl sites for hydroxylation is 1. The van der Waals surface area contributed by atoms with Crippen molar-refractivity contribution in [2.24, 2.45) is 0 Å². The number of rotatable bonds is 7. The van der Waals surface area contributed by atoms with Crippen LogP contribution in [0.1, 0.15) is 24.0 Å². The molecule has 3 aromatic rings. The second-order valence-corrected chi connectivity index (χ2v) is 7.69. The third kappa shape index (κ3) is 4.23. The lowest BCUT2D eigenvalue weighted by molar-refractivity contribution is -0.117. The number of hydrogen-bond acceptors (Lipinski definition) is 4. The first kappa shape index (κ1) is 20.5. The standard InChI is InChI=1S/C25H26N4O2/c1-16(2)21(12-17(3)24-9-8-18(4)31-24)27-14-25(30)29-11-10-20-19(6-5-7-23(20)29)22-13-26-15-28-22/h5-9,12-13,15,27H,1,3,10-11,14H2,2,4H3,(H,26,28)/b21-12+. The molecule has 1 amide bonds. The number of H-pyrrole nitrogens is 1. The lowest BCUT2D eigenvalue weighted by atomic mass is 10.0. The second-order valence-electron chi connectivity index (χ2n) is 7.69. The molecule has 0 fully saturated rings. The smallest absolute Gasteiger partial charge is 0.246 e. The van der Waals surface area contributed by atoms with Gasteiger partial charge in [0.05, 0.1) is 24.8 Å². The number of fused-ring (bicyclic) bond motifs is 1. The Kier molecular flexibility index (Phi) is 5.62. The number of anilines is 1. The van der Waals surface area contributed by atoms with Gasteiger partial charge in [0.25, 0.3) is 0 Å². The number of benzene rings is 1. The Labute approximate surface area is 182 Å². The van der Waals surface area contributed by atoms with Crippen LogP contribution >= 0.6 is 0 Å². The molecule has 1 aliphatic rings. The van der Waals surface area contributed by atoms with Crippen molar-refractivity contribution >= 4 is 17.2 Å². The van der Waals surface area contributed by atoms with E-state index in [2.05, 4.69) is 34.5 Å². The van der Waals surface area contributed by atoms with Gasteiger partial charge in [-0.05, 0) is 55.7 Å². The van der Waals surface area contributed by atoms with Gasteiger partial charge in [0, 0.05) is 29.1 Å². The molecule has 0 aliphatic carbocycles. The molecular weight excluding hydrogens is 388 g/mol. The van der Waals surface area contributed by atoms with Crippen LogP contribution in [0.25, 0.3) is 16.8 Å². The highest BCUT2D eigenvalue weighted by atomic mass is 16.3. The molecule has 0 radical (unpaired) electrons. The fourth-order valence-corrected chi connectivity index (χ4v) is 3.79. The van der Waals surface area contributed by atoms with Crippen LogP contribution in [0.5, 0.6) is 0 Å². The Balaban J connectivity index is 1.48. The van der Waals surface area contributed by atoms with Crippen LogP contribution in [0.2, 0.25) is 0 Å². The van der Waals surface area contributed by atoms with E-state index in [-0.39, 0.29) is 12.5 Å². The van der Waals surface area contributed by atoms with Gasteiger partial charge in [-0.15, -0.1) is 0 Å². The van der Waals surface area contributed by atoms with E-state index in [1.54, 1.807) is 12.5 Å². The number of nitrogens with one attached hydrogen (secondary N) is 2. The molecule has 2 N–H and O–H groups in total. The molecule has 6 nitrogen and oxygen atoms in total. The van der Waals surface area contributed by atoms with E-state index < -0.39 is 0 Å². The number of aromatic nitrogens is 2. The van der Waals surface area contributed by atoms with Crippen LogP contribution in [0, 0.1) is 6.92 Å². The van der Waals surface area contributed by atoms with E-state index in [0.717, 1.165) is 51.5 Å². The minimum atomic E-state index is 0.00659. The second kappa shape index (κ2) is 8.52. The Hall–Kier alpha value is -3.80. The van der Waals surface area contributed by atoms with Crippen molar-refractivity contribution in [3.63, 3.8) is 0 Å². The van der Waals surface area contributed by atoms with E-state index in [1.807, 2.05) is 49.1 Å². The van der Waals surface area contributed by atoms with E-state index in [0.29, 0.717) is 12.3 Å². The molecule has 0 atom stereocenters. The largest absolute Gasteiger partial charge is 0.461 e. The van der Waals surface area contributed by atoms with Crippen LogP contribution in [-0.4, -0.2) is 29.0 Å². The highest BCUT2D eigenvalue weighted by Gasteiger charge is 2.27. The number of carbonyl (C=O) groups excluding carboxylic acids is 1. The van der Waals surface area contributed by atoms with Crippen LogP contribution in [0.4, 0.5) is 5.69 Å². The summed E-state index contributed by atoms with van der Waals surface area (Å²) in [5, 5.41) is 3.23. The summed E-state index contributed by atoms with van der Waals surface area (Å²) in [4.78, 5) is 22.1. The highest BCUT2D eigenvalue weighted by molar-refractivity contribution is 5.98. The van der Waals surface area contributed by atoms with Crippen molar-refractivity contribution < 1.29 is 9.21 Å². The summed E-state index contributed by atoms with van der Waals surface area (Å²) in [6.45, 7) is 12.7. The van der Waals surface area contributed by atoms with Gasteiger partial charge in [-0.2, -0.15) is 0 Å². The molecule has 4 rings (SSSR count). The summed E-state index contributed by atoms with van der Waals surface area (Å²) in [6.07, 6.45) is 6.15. The topological polar surface area (TPSA) is 74.2 Å². The average Bonchev–Trinajstić information content (AvgIpc) is 3.50. The van der Waals surface area contributed by atoms with Gasteiger partial charge in [-0.1, -0.05) is 25.3 Å². The van der Waals surface area contributed by atoms with E-state index in [1.165, 1.54) is 0 Å². The molecule has 0 bridgehead atoms. The van der Waals surface area contributed by atoms with Gasteiger partial charge < -0.3 is 19.6 Å². The fourth-order valence-electron chi connectivity index (χ4n) is 3.79. The summed E-state index contributed by atoms with van der Waals surface area (Å²) < 4.78 is 5.63. The van der Waals surface area contributed by atoms with Gasteiger partial charge in [-0.3, -0.25) is 4.79 Å². The molecule has 0 saturated carbocycles. The summed E-state index contributed by atoms with van der Waals surface area (Å²) in [5.74, 6) is 1.53. The molecule has 2 aromatic heterocycles. The van der Waals surface area contributed by atoms with Gasteiger partial charge in [0.1, 0.15) is 11.5 Å². The SMILES string of the molecule is C=C(C)/C(=C\C(=C)c1ccc(C)o1)NCC(=O)N1CCc2c(-c3cnc[nH]3)cccc21. The molecule has 0 spiro atoms. The van der Waals surface area contributed by atoms with Crippen molar-refractivity contribution in [3.8, 4) is 11.3 Å². The molecule has 6 heteroatoms. The van der Waals surface area contributed by atoms with Gasteiger partial charge in [-0.25, -0.2) is 4.98 Å². The quantitative estimate of drug-likeness (QED) is 0.553. The van der Waals surface area contributed by atoms with Gasteiger partial charge in [0.2, 0.25) is 5.91 Å². The predicted molar refractivity (Wildman–Crippen MR) is 123 cm³/mol. The van der Waals surface area contributed by atoms with Crippen LogP contribution in [0.15, 0.2) is 77.8 Å².